The molecule has 0 aromatic heterocycles. The molecule has 0 bridgehead atoms. The lowest BCUT2D eigenvalue weighted by Crippen LogP contribution is -2.54. The van der Waals surface area contributed by atoms with Crippen LogP contribution < -0.4 is 0 Å². The number of nitrogens with zero attached hydrogens (tertiary/aromatic N) is 5. The van der Waals surface area contributed by atoms with Gasteiger partial charge in [-0.15, -0.1) is 0 Å². The Morgan fingerprint density at radius 1 is 0.340 bits per heavy atom. The van der Waals surface area contributed by atoms with Gasteiger partial charge in [-0.05, 0) is 94.3 Å². The van der Waals surface area contributed by atoms with E-state index in [0.717, 1.165) is 26.3 Å². The molecule has 282 valence electrons. The van der Waals surface area contributed by atoms with Crippen molar-refractivity contribution in [2.45, 2.75) is 141 Å². The largest absolute Gasteiger partial charge is 0.379 e. The number of morpholine rings is 1. The van der Waals surface area contributed by atoms with Gasteiger partial charge in [0.15, 0.2) is 0 Å². The van der Waals surface area contributed by atoms with E-state index in [2.05, 4.69) is 128 Å². The minimum Gasteiger partial charge on any atom is -0.379 e. The van der Waals surface area contributed by atoms with Gasteiger partial charge < -0.3 is 19.4 Å². The fourth-order valence-electron chi connectivity index (χ4n) is 7.08. The van der Waals surface area contributed by atoms with E-state index in [-0.39, 0.29) is 0 Å². The van der Waals surface area contributed by atoms with Crippen molar-refractivity contribution in [2.75, 3.05) is 105 Å². The van der Waals surface area contributed by atoms with E-state index in [9.17, 15) is 0 Å². The molecule has 0 aromatic carbocycles. The first-order chi connectivity index (χ1) is 21.4. The summed E-state index contributed by atoms with van der Waals surface area (Å²) in [6.45, 7) is 53.9. The molecule has 0 radical (unpaired) electrons. The van der Waals surface area contributed by atoms with Gasteiger partial charge in [0.05, 0.1) is 13.2 Å². The van der Waals surface area contributed by atoms with Crippen LogP contribution in [0.2, 0.25) is 0 Å². The van der Waals surface area contributed by atoms with Crippen LogP contribution >= 0.6 is 0 Å². The standard InChI is InChI=1S/C13H28N2.C10H21N.C9H19NO.C9H19N/c1-12(2,3)11-14-7-9-15(10-8-14)13(4,5)6;1-10(2,3)9-11-7-5-4-6-8-11;1-9(2,3)8-10-4-6-11-7-5-10;1-9(2,3)8-10-6-4-5-7-10/h7-11H2,1-6H3;4-9H2,1-3H3;4-8H2,1-3H3;4-8H2,1-3H3. The van der Waals surface area contributed by atoms with Crippen LogP contribution in [-0.4, -0.2) is 135 Å². The Morgan fingerprint density at radius 2 is 0.617 bits per heavy atom. The Hall–Kier alpha value is -0.240. The normalized spacial score (nSPS) is 22.0. The van der Waals surface area contributed by atoms with Crippen LogP contribution in [0.25, 0.3) is 0 Å². The topological polar surface area (TPSA) is 25.4 Å². The van der Waals surface area contributed by atoms with E-state index in [1.165, 1.54) is 111 Å². The molecule has 6 heteroatoms. The van der Waals surface area contributed by atoms with Crippen LogP contribution in [-0.2, 0) is 4.74 Å². The van der Waals surface area contributed by atoms with E-state index in [1.807, 2.05) is 0 Å². The first-order valence-electron chi connectivity index (χ1n) is 19.6. The minimum absolute atomic E-state index is 0.341. The van der Waals surface area contributed by atoms with Crippen molar-refractivity contribution in [3.05, 3.63) is 0 Å². The summed E-state index contributed by atoms with van der Waals surface area (Å²) in [5, 5.41) is 0. The highest BCUT2D eigenvalue weighted by Crippen LogP contribution is 2.21. The molecule has 0 N–H and O–H groups in total. The summed E-state index contributed by atoms with van der Waals surface area (Å²) >= 11 is 0. The molecule has 4 aliphatic heterocycles. The van der Waals surface area contributed by atoms with Crippen molar-refractivity contribution >= 4 is 0 Å². The van der Waals surface area contributed by atoms with Crippen LogP contribution in [0.3, 0.4) is 0 Å². The molecular weight excluding hydrogens is 578 g/mol. The van der Waals surface area contributed by atoms with Crippen LogP contribution in [0.1, 0.15) is 136 Å². The summed E-state index contributed by atoms with van der Waals surface area (Å²) in [5.74, 6) is 0. The van der Waals surface area contributed by atoms with Gasteiger partial charge in [0.25, 0.3) is 0 Å². The number of rotatable bonds is 4. The summed E-state index contributed by atoms with van der Waals surface area (Å²) in [5.41, 5.74) is 2.18. The lowest BCUT2D eigenvalue weighted by molar-refractivity contribution is 0.0236. The second kappa shape index (κ2) is 20.6. The van der Waals surface area contributed by atoms with Crippen LogP contribution in [0, 0.1) is 21.7 Å². The van der Waals surface area contributed by atoms with Gasteiger partial charge in [-0.2, -0.15) is 0 Å². The number of ether oxygens (including phenoxy) is 1. The molecule has 47 heavy (non-hydrogen) atoms. The Kier molecular flexibility index (Phi) is 19.6. The zero-order valence-electron chi connectivity index (χ0n) is 35.0. The second-order valence-electron chi connectivity index (χ2n) is 20.9. The molecule has 0 spiro atoms. The molecule has 4 rings (SSSR count). The van der Waals surface area contributed by atoms with Gasteiger partial charge in [0.1, 0.15) is 0 Å². The number of hydrogen-bond acceptors (Lipinski definition) is 6. The zero-order valence-corrected chi connectivity index (χ0v) is 35.0. The summed E-state index contributed by atoms with van der Waals surface area (Å²) in [6, 6.07) is 0. The molecule has 0 aromatic rings. The summed E-state index contributed by atoms with van der Waals surface area (Å²) in [7, 11) is 0. The minimum atomic E-state index is 0.341. The maximum atomic E-state index is 5.27. The van der Waals surface area contributed by atoms with Gasteiger partial charge in [-0.1, -0.05) is 89.5 Å². The highest BCUT2D eigenvalue weighted by atomic mass is 16.5. The quantitative estimate of drug-likeness (QED) is 0.299. The lowest BCUT2D eigenvalue weighted by Gasteiger charge is -2.43. The average molecular weight is 666 g/mol. The van der Waals surface area contributed by atoms with Gasteiger partial charge >= 0.3 is 0 Å². The molecule has 4 fully saturated rings. The van der Waals surface area contributed by atoms with E-state index in [4.69, 9.17) is 4.74 Å². The SMILES string of the molecule is CC(C)(C)CN1CCCC1.CC(C)(C)CN1CCCCC1.CC(C)(C)CN1CCN(C(C)(C)C)CC1.CC(C)(C)CN1CCOCC1. The van der Waals surface area contributed by atoms with Crippen LogP contribution in [0.15, 0.2) is 0 Å². The highest BCUT2D eigenvalue weighted by molar-refractivity contribution is 4.83. The highest BCUT2D eigenvalue weighted by Gasteiger charge is 2.27. The number of hydrogen-bond donors (Lipinski definition) is 0. The molecule has 0 atom stereocenters. The predicted octanol–water partition coefficient (Wildman–Crippen LogP) is 8.46. The average Bonchev–Trinajstić information content (AvgIpc) is 3.39. The molecular formula is C41H87N5O. The van der Waals surface area contributed by atoms with Crippen molar-refractivity contribution in [3.8, 4) is 0 Å². The van der Waals surface area contributed by atoms with Crippen molar-refractivity contribution in [3.63, 3.8) is 0 Å². The smallest absolute Gasteiger partial charge is 0.0594 e. The summed E-state index contributed by atoms with van der Waals surface area (Å²) < 4.78 is 5.27. The molecule has 4 saturated heterocycles. The maximum Gasteiger partial charge on any atom is 0.0594 e. The van der Waals surface area contributed by atoms with Crippen LogP contribution in [0.4, 0.5) is 0 Å². The Balaban J connectivity index is 0.000000317. The fraction of sp³-hybridized carbons (Fsp3) is 1.00. The van der Waals surface area contributed by atoms with Gasteiger partial charge in [0, 0.05) is 71.0 Å². The molecule has 4 heterocycles. The molecule has 0 amide bonds. The van der Waals surface area contributed by atoms with Gasteiger partial charge in [-0.25, -0.2) is 0 Å². The first-order valence-corrected chi connectivity index (χ1v) is 19.6. The number of piperidine rings is 1. The van der Waals surface area contributed by atoms with Crippen molar-refractivity contribution in [1.82, 2.24) is 24.5 Å². The third kappa shape index (κ3) is 25.4. The third-order valence-electron chi connectivity index (χ3n) is 8.86. The first kappa shape index (κ1) is 44.8. The Morgan fingerprint density at radius 3 is 0.915 bits per heavy atom. The zero-order chi connectivity index (χ0) is 35.9. The van der Waals surface area contributed by atoms with Gasteiger partial charge in [-0.3, -0.25) is 9.80 Å². The van der Waals surface area contributed by atoms with E-state index in [0.29, 0.717) is 27.2 Å². The number of piperazine rings is 1. The van der Waals surface area contributed by atoms with Crippen molar-refractivity contribution in [1.29, 1.82) is 0 Å². The van der Waals surface area contributed by atoms with E-state index >= 15 is 0 Å². The lowest BCUT2D eigenvalue weighted by atomic mass is 9.95. The molecule has 0 unspecified atom stereocenters. The Bertz CT molecular complexity index is 739. The fourth-order valence-corrected chi connectivity index (χ4v) is 7.08. The monoisotopic (exact) mass is 666 g/mol. The molecule has 0 aliphatic carbocycles. The van der Waals surface area contributed by atoms with E-state index in [1.54, 1.807) is 0 Å². The summed E-state index contributed by atoms with van der Waals surface area (Å²) in [6.07, 6.45) is 7.10. The maximum absolute atomic E-state index is 5.27. The predicted molar refractivity (Wildman–Crippen MR) is 209 cm³/mol. The van der Waals surface area contributed by atoms with Gasteiger partial charge in [0.2, 0.25) is 0 Å². The Labute approximate surface area is 296 Å². The third-order valence-corrected chi connectivity index (χ3v) is 8.86. The second-order valence-corrected chi connectivity index (χ2v) is 20.9. The molecule has 6 nitrogen and oxygen atoms in total. The van der Waals surface area contributed by atoms with Crippen molar-refractivity contribution in [2.24, 2.45) is 21.7 Å². The van der Waals surface area contributed by atoms with E-state index < -0.39 is 0 Å². The van der Waals surface area contributed by atoms with Crippen LogP contribution in [0.5, 0.6) is 0 Å². The van der Waals surface area contributed by atoms with Crippen molar-refractivity contribution < 1.29 is 4.74 Å². The molecule has 4 aliphatic rings. The number of likely N-dealkylation sites (tertiary alicyclic amines) is 2. The summed E-state index contributed by atoms with van der Waals surface area (Å²) in [4.78, 5) is 12.8. The molecule has 0 saturated carbocycles.